The van der Waals surface area contributed by atoms with Gasteiger partial charge in [0.2, 0.25) is 0 Å². The fourth-order valence-electron chi connectivity index (χ4n) is 5.27. The average molecular weight is 454 g/mol. The molecule has 1 fully saturated rings. The molecule has 0 aliphatic carbocycles. The molecule has 3 heterocycles. The summed E-state index contributed by atoms with van der Waals surface area (Å²) in [5.41, 5.74) is 3.70. The van der Waals surface area contributed by atoms with Crippen LogP contribution in [0.2, 0.25) is 0 Å². The van der Waals surface area contributed by atoms with Gasteiger partial charge in [-0.2, -0.15) is 0 Å². The number of hydrogen-bond donors (Lipinski definition) is 0. The zero-order valence-corrected chi connectivity index (χ0v) is 19.2. The Labute approximate surface area is 198 Å². The first-order valence-corrected chi connectivity index (χ1v) is 11.9. The fraction of sp³-hybridized carbons (Fsp3) is 0.286. The number of hydrogen-bond acceptors (Lipinski definition) is 4. The van der Waals surface area contributed by atoms with Crippen molar-refractivity contribution in [1.82, 2.24) is 9.47 Å². The number of amides is 1. The Morgan fingerprint density at radius 2 is 1.74 bits per heavy atom. The van der Waals surface area contributed by atoms with Gasteiger partial charge in [-0.1, -0.05) is 36.4 Å². The van der Waals surface area contributed by atoms with E-state index < -0.39 is 0 Å². The fourth-order valence-corrected chi connectivity index (χ4v) is 5.27. The van der Waals surface area contributed by atoms with Crippen LogP contribution in [0.4, 0.5) is 5.69 Å². The first-order valence-electron chi connectivity index (χ1n) is 11.9. The van der Waals surface area contributed by atoms with Crippen molar-refractivity contribution in [2.75, 3.05) is 20.3 Å². The van der Waals surface area contributed by atoms with Crippen LogP contribution in [0.25, 0.3) is 21.8 Å². The molecule has 0 bridgehead atoms. The van der Waals surface area contributed by atoms with Gasteiger partial charge < -0.3 is 18.9 Å². The second-order valence-corrected chi connectivity index (χ2v) is 8.89. The van der Waals surface area contributed by atoms with E-state index in [9.17, 15) is 4.79 Å². The number of fused-ring (bicyclic) bond motifs is 5. The summed E-state index contributed by atoms with van der Waals surface area (Å²) in [5, 5.41) is 2.55. The standard InChI is InChI=1S/C28H27N3O3/c1-33-26-16-22-23(29-18-19-8-6-13-30(19)28(22)32)17-27(26)34-15-7-14-31-24-11-4-2-9-20(24)21-10-3-5-12-25(21)31/h2-5,9-12,16-19H,6-8,13-15H2,1H3/t19-/m0/s1. The van der Waals surface area contributed by atoms with Gasteiger partial charge >= 0.3 is 0 Å². The number of nitrogens with zero attached hydrogens (tertiary/aromatic N) is 3. The Balaban J connectivity index is 1.22. The summed E-state index contributed by atoms with van der Waals surface area (Å²) in [5.74, 6) is 1.21. The number of benzene rings is 3. The van der Waals surface area contributed by atoms with Crippen LogP contribution < -0.4 is 9.47 Å². The molecule has 1 aromatic heterocycles. The molecule has 1 saturated heterocycles. The largest absolute Gasteiger partial charge is 0.493 e. The maximum Gasteiger partial charge on any atom is 0.256 e. The number of ether oxygens (including phenoxy) is 2. The smallest absolute Gasteiger partial charge is 0.256 e. The van der Waals surface area contributed by atoms with Crippen molar-refractivity contribution in [2.45, 2.75) is 31.8 Å². The molecule has 0 unspecified atom stereocenters. The number of rotatable bonds is 6. The third-order valence-electron chi connectivity index (χ3n) is 6.92. The van der Waals surface area contributed by atoms with Crippen LogP contribution in [0.15, 0.2) is 65.7 Å². The molecule has 2 aliphatic rings. The average Bonchev–Trinajstić information content (AvgIpc) is 3.44. The lowest BCUT2D eigenvalue weighted by atomic mass is 10.1. The number of para-hydroxylation sites is 2. The molecule has 0 N–H and O–H groups in total. The van der Waals surface area contributed by atoms with Crippen LogP contribution >= 0.6 is 0 Å². The van der Waals surface area contributed by atoms with Crippen molar-refractivity contribution in [1.29, 1.82) is 0 Å². The van der Waals surface area contributed by atoms with E-state index in [0.717, 1.165) is 32.4 Å². The summed E-state index contributed by atoms with van der Waals surface area (Å²) in [7, 11) is 1.61. The molecule has 0 radical (unpaired) electrons. The predicted molar refractivity (Wildman–Crippen MR) is 135 cm³/mol. The molecule has 1 amide bonds. The maximum absolute atomic E-state index is 13.1. The second kappa shape index (κ2) is 8.52. The summed E-state index contributed by atoms with van der Waals surface area (Å²) in [6.07, 6.45) is 4.71. The van der Waals surface area contributed by atoms with Crippen molar-refractivity contribution in [3.63, 3.8) is 0 Å². The summed E-state index contributed by atoms with van der Waals surface area (Å²) in [6, 6.07) is 20.7. The van der Waals surface area contributed by atoms with Crippen LogP contribution in [0.3, 0.4) is 0 Å². The van der Waals surface area contributed by atoms with E-state index in [0.29, 0.717) is 29.4 Å². The molecule has 3 aromatic carbocycles. The normalized spacial score (nSPS) is 17.1. The molecule has 172 valence electrons. The molecule has 0 saturated carbocycles. The van der Waals surface area contributed by atoms with E-state index in [1.54, 1.807) is 13.2 Å². The summed E-state index contributed by atoms with van der Waals surface area (Å²) in [4.78, 5) is 19.6. The Kier molecular flexibility index (Phi) is 5.21. The third kappa shape index (κ3) is 3.41. The van der Waals surface area contributed by atoms with Gasteiger partial charge in [-0.3, -0.25) is 9.79 Å². The Hall–Kier alpha value is -3.80. The Morgan fingerprint density at radius 1 is 1.00 bits per heavy atom. The zero-order chi connectivity index (χ0) is 23.1. The lowest BCUT2D eigenvalue weighted by Gasteiger charge is -2.20. The minimum Gasteiger partial charge on any atom is -0.493 e. The van der Waals surface area contributed by atoms with Crippen LogP contribution in [0, 0.1) is 0 Å². The molecule has 34 heavy (non-hydrogen) atoms. The minimum atomic E-state index is 0.0196. The molecule has 0 spiro atoms. The molecule has 6 heteroatoms. The van der Waals surface area contributed by atoms with Gasteiger partial charge in [-0.25, -0.2) is 0 Å². The van der Waals surface area contributed by atoms with E-state index in [-0.39, 0.29) is 11.9 Å². The maximum atomic E-state index is 13.1. The molecular weight excluding hydrogens is 426 g/mol. The number of aliphatic imine (C=N–C) groups is 1. The summed E-state index contributed by atoms with van der Waals surface area (Å²) in [6.45, 7) is 2.15. The van der Waals surface area contributed by atoms with Gasteiger partial charge in [0.1, 0.15) is 0 Å². The quantitative estimate of drug-likeness (QED) is 0.358. The molecule has 4 aromatic rings. The Morgan fingerprint density at radius 3 is 2.47 bits per heavy atom. The molecular formula is C28H27N3O3. The van der Waals surface area contributed by atoms with Crippen LogP contribution in [-0.2, 0) is 6.54 Å². The van der Waals surface area contributed by atoms with Crippen molar-refractivity contribution >= 4 is 39.6 Å². The highest BCUT2D eigenvalue weighted by atomic mass is 16.5. The van der Waals surface area contributed by atoms with E-state index in [4.69, 9.17) is 9.47 Å². The van der Waals surface area contributed by atoms with Crippen molar-refractivity contribution in [3.8, 4) is 11.5 Å². The van der Waals surface area contributed by atoms with Gasteiger partial charge in [0.15, 0.2) is 11.5 Å². The number of carbonyl (C=O) groups is 1. The van der Waals surface area contributed by atoms with Gasteiger partial charge in [-0.05, 0) is 37.5 Å². The van der Waals surface area contributed by atoms with Crippen molar-refractivity contribution in [2.24, 2.45) is 4.99 Å². The van der Waals surface area contributed by atoms with Gasteiger partial charge in [0.05, 0.1) is 31.0 Å². The van der Waals surface area contributed by atoms with Crippen LogP contribution in [0.5, 0.6) is 11.5 Å². The van der Waals surface area contributed by atoms with Crippen molar-refractivity contribution in [3.05, 3.63) is 66.2 Å². The van der Waals surface area contributed by atoms with Crippen LogP contribution in [-0.4, -0.2) is 47.9 Å². The highest BCUT2D eigenvalue weighted by Crippen LogP contribution is 2.38. The first-order chi connectivity index (χ1) is 16.7. The van der Waals surface area contributed by atoms with Crippen LogP contribution in [0.1, 0.15) is 29.6 Å². The third-order valence-corrected chi connectivity index (χ3v) is 6.92. The molecule has 2 aliphatic heterocycles. The summed E-state index contributed by atoms with van der Waals surface area (Å²) < 4.78 is 14.1. The topological polar surface area (TPSA) is 56.1 Å². The highest BCUT2D eigenvalue weighted by Gasteiger charge is 2.32. The highest BCUT2D eigenvalue weighted by molar-refractivity contribution is 6.08. The molecule has 6 nitrogen and oxygen atoms in total. The summed E-state index contributed by atoms with van der Waals surface area (Å²) >= 11 is 0. The van der Waals surface area contributed by atoms with Crippen molar-refractivity contribution < 1.29 is 14.3 Å². The SMILES string of the molecule is COc1cc2c(cc1OCCCn1c3ccccc3c3ccccc31)N=C[C@@H]1CCCN1C2=O. The zero-order valence-electron chi connectivity index (χ0n) is 19.2. The number of aryl methyl sites for hydroxylation is 1. The lowest BCUT2D eigenvalue weighted by molar-refractivity contribution is 0.0774. The number of aromatic nitrogens is 1. The molecule has 1 atom stereocenters. The second-order valence-electron chi connectivity index (χ2n) is 8.89. The van der Waals surface area contributed by atoms with Gasteiger partial charge in [0, 0.05) is 47.2 Å². The Bertz CT molecular complexity index is 1370. The van der Waals surface area contributed by atoms with E-state index >= 15 is 0 Å². The number of carbonyl (C=O) groups excluding carboxylic acids is 1. The number of methoxy groups -OCH3 is 1. The lowest BCUT2D eigenvalue weighted by Crippen LogP contribution is -2.35. The monoisotopic (exact) mass is 453 g/mol. The minimum absolute atomic E-state index is 0.0196. The van der Waals surface area contributed by atoms with Gasteiger partial charge in [0.25, 0.3) is 5.91 Å². The van der Waals surface area contributed by atoms with E-state index in [2.05, 4.69) is 58.1 Å². The van der Waals surface area contributed by atoms with Gasteiger partial charge in [-0.15, -0.1) is 0 Å². The predicted octanol–water partition coefficient (Wildman–Crippen LogP) is 5.59. The van der Waals surface area contributed by atoms with E-state index in [1.165, 1.54) is 21.8 Å². The first kappa shape index (κ1) is 20.8. The molecule has 6 rings (SSSR count). The van der Waals surface area contributed by atoms with E-state index in [1.807, 2.05) is 17.2 Å².